The van der Waals surface area contributed by atoms with Crippen LogP contribution in [0.3, 0.4) is 0 Å². The molecule has 1 heterocycles. The predicted octanol–water partition coefficient (Wildman–Crippen LogP) is 2.32. The van der Waals surface area contributed by atoms with Crippen LogP contribution in [0.1, 0.15) is 13.8 Å². The highest BCUT2D eigenvalue weighted by Gasteiger charge is 2.30. The van der Waals surface area contributed by atoms with E-state index < -0.39 is 0 Å². The molecule has 0 aromatic heterocycles. The van der Waals surface area contributed by atoms with Gasteiger partial charge in [0, 0.05) is 26.3 Å². The van der Waals surface area contributed by atoms with Crippen LogP contribution < -0.4 is 10.2 Å². The van der Waals surface area contributed by atoms with Crippen LogP contribution in [-0.2, 0) is 9.47 Å². The average Bonchev–Trinajstić information content (AvgIpc) is 2.34. The molecule has 0 spiro atoms. The molecule has 0 amide bonds. The lowest BCUT2D eigenvalue weighted by atomic mass is 9.99. The van der Waals surface area contributed by atoms with E-state index in [0.29, 0.717) is 0 Å². The fraction of sp³-hybridized carbons (Fsp3) is 0.571. The zero-order valence-corrected chi connectivity index (χ0v) is 11.6. The molecule has 1 aliphatic heterocycles. The van der Waals surface area contributed by atoms with Gasteiger partial charge in [0.1, 0.15) is 0 Å². The van der Waals surface area contributed by atoms with E-state index in [1.165, 1.54) is 11.4 Å². The molecule has 2 rings (SSSR count). The molecule has 4 heteroatoms. The number of nitrogens with zero attached hydrogens (tertiary/aromatic N) is 1. The quantitative estimate of drug-likeness (QED) is 0.832. The van der Waals surface area contributed by atoms with Gasteiger partial charge in [-0.1, -0.05) is 12.1 Å². The highest BCUT2D eigenvalue weighted by Crippen LogP contribution is 2.34. The van der Waals surface area contributed by atoms with Gasteiger partial charge in [0.05, 0.1) is 17.9 Å². The molecule has 4 nitrogen and oxygen atoms in total. The summed E-state index contributed by atoms with van der Waals surface area (Å²) in [5, 5.41) is 3.55. The zero-order chi connectivity index (χ0) is 13.2. The summed E-state index contributed by atoms with van der Waals surface area (Å²) in [7, 11) is 3.35. The van der Waals surface area contributed by atoms with Crippen molar-refractivity contribution in [3.63, 3.8) is 0 Å². The second-order valence-corrected chi connectivity index (χ2v) is 5.31. The molecule has 0 atom stereocenters. The molecule has 0 saturated carbocycles. The number of anilines is 2. The molecule has 0 unspecified atom stereocenters. The number of fused-ring (bicyclic) bond motifs is 1. The first-order valence-corrected chi connectivity index (χ1v) is 6.23. The Morgan fingerprint density at radius 2 is 1.94 bits per heavy atom. The zero-order valence-electron chi connectivity index (χ0n) is 11.6. The molecule has 1 aromatic carbocycles. The first-order valence-electron chi connectivity index (χ1n) is 6.23. The number of methoxy groups -OCH3 is 2. The van der Waals surface area contributed by atoms with Crippen molar-refractivity contribution in [1.82, 2.24) is 0 Å². The highest BCUT2D eigenvalue weighted by atomic mass is 16.7. The summed E-state index contributed by atoms with van der Waals surface area (Å²) < 4.78 is 10.6. The Morgan fingerprint density at radius 3 is 2.61 bits per heavy atom. The van der Waals surface area contributed by atoms with Crippen molar-refractivity contribution in [2.45, 2.75) is 25.7 Å². The summed E-state index contributed by atoms with van der Waals surface area (Å²) in [5.41, 5.74) is 2.41. The van der Waals surface area contributed by atoms with Crippen LogP contribution in [0.25, 0.3) is 0 Å². The van der Waals surface area contributed by atoms with Crippen LogP contribution in [-0.4, -0.2) is 39.1 Å². The Kier molecular flexibility index (Phi) is 3.78. The molecule has 18 heavy (non-hydrogen) atoms. The van der Waals surface area contributed by atoms with Crippen molar-refractivity contribution in [3.8, 4) is 0 Å². The van der Waals surface area contributed by atoms with Gasteiger partial charge in [-0.25, -0.2) is 0 Å². The van der Waals surface area contributed by atoms with Crippen molar-refractivity contribution in [3.05, 3.63) is 24.3 Å². The summed E-state index contributed by atoms with van der Waals surface area (Å²) >= 11 is 0. The van der Waals surface area contributed by atoms with E-state index in [9.17, 15) is 0 Å². The van der Waals surface area contributed by atoms with Crippen molar-refractivity contribution in [1.29, 1.82) is 0 Å². The van der Waals surface area contributed by atoms with E-state index in [-0.39, 0.29) is 11.8 Å². The van der Waals surface area contributed by atoms with Gasteiger partial charge in [0.15, 0.2) is 6.29 Å². The van der Waals surface area contributed by atoms with Gasteiger partial charge in [0.25, 0.3) is 0 Å². The first-order chi connectivity index (χ1) is 8.55. The summed E-state index contributed by atoms with van der Waals surface area (Å²) in [5.74, 6) is 0. The Labute approximate surface area is 109 Å². The molecule has 1 aliphatic rings. The van der Waals surface area contributed by atoms with E-state index >= 15 is 0 Å². The maximum atomic E-state index is 5.30. The van der Waals surface area contributed by atoms with Gasteiger partial charge in [-0.3, -0.25) is 0 Å². The van der Waals surface area contributed by atoms with Crippen molar-refractivity contribution in [2.24, 2.45) is 0 Å². The lowest BCUT2D eigenvalue weighted by Gasteiger charge is -2.42. The Hall–Kier alpha value is -1.26. The summed E-state index contributed by atoms with van der Waals surface area (Å²) in [6.07, 6.45) is -0.202. The van der Waals surface area contributed by atoms with Gasteiger partial charge >= 0.3 is 0 Å². The van der Waals surface area contributed by atoms with Crippen LogP contribution in [0.2, 0.25) is 0 Å². The van der Waals surface area contributed by atoms with Crippen LogP contribution in [0, 0.1) is 0 Å². The number of nitrogens with one attached hydrogen (secondary N) is 1. The van der Waals surface area contributed by atoms with Gasteiger partial charge in [-0.15, -0.1) is 0 Å². The molecule has 0 fully saturated rings. The standard InChI is InChI=1S/C14H22N2O2/c1-14(2)10-16(9-13(17-3)18-4)12-8-6-5-7-11(12)15-14/h5-8,13,15H,9-10H2,1-4H3. The third kappa shape index (κ3) is 2.76. The third-order valence-electron chi connectivity index (χ3n) is 3.20. The smallest absolute Gasteiger partial charge is 0.174 e. The van der Waals surface area contributed by atoms with Gasteiger partial charge in [0.2, 0.25) is 0 Å². The molecule has 100 valence electrons. The fourth-order valence-electron chi connectivity index (χ4n) is 2.41. The second-order valence-electron chi connectivity index (χ2n) is 5.31. The first kappa shape index (κ1) is 13.2. The number of hydrogen-bond acceptors (Lipinski definition) is 4. The van der Waals surface area contributed by atoms with E-state index in [0.717, 1.165) is 13.1 Å². The van der Waals surface area contributed by atoms with Crippen molar-refractivity contribution in [2.75, 3.05) is 37.5 Å². The third-order valence-corrected chi connectivity index (χ3v) is 3.20. The topological polar surface area (TPSA) is 33.7 Å². The molecule has 0 aliphatic carbocycles. The lowest BCUT2D eigenvalue weighted by molar-refractivity contribution is -0.0951. The summed E-state index contributed by atoms with van der Waals surface area (Å²) in [4.78, 5) is 2.31. The number of rotatable bonds is 4. The van der Waals surface area contributed by atoms with Crippen molar-refractivity contribution < 1.29 is 9.47 Å². The minimum Gasteiger partial charge on any atom is -0.377 e. The van der Waals surface area contributed by atoms with E-state index in [1.54, 1.807) is 14.2 Å². The molecular weight excluding hydrogens is 228 g/mol. The predicted molar refractivity (Wildman–Crippen MR) is 74.2 cm³/mol. The van der Waals surface area contributed by atoms with E-state index in [1.807, 2.05) is 0 Å². The normalized spacial score (nSPS) is 17.5. The van der Waals surface area contributed by atoms with Crippen LogP contribution in [0.15, 0.2) is 24.3 Å². The molecule has 0 radical (unpaired) electrons. The van der Waals surface area contributed by atoms with Crippen LogP contribution >= 0.6 is 0 Å². The minimum atomic E-state index is -0.202. The maximum absolute atomic E-state index is 5.30. The molecular formula is C14H22N2O2. The van der Waals surface area contributed by atoms with Crippen LogP contribution in [0.5, 0.6) is 0 Å². The lowest BCUT2D eigenvalue weighted by Crippen LogP contribution is -2.50. The monoisotopic (exact) mass is 250 g/mol. The second kappa shape index (κ2) is 5.16. The van der Waals surface area contributed by atoms with Crippen molar-refractivity contribution >= 4 is 11.4 Å². The van der Waals surface area contributed by atoms with E-state index in [4.69, 9.17) is 9.47 Å². The van der Waals surface area contributed by atoms with E-state index in [2.05, 4.69) is 48.3 Å². The molecule has 0 bridgehead atoms. The minimum absolute atomic E-state index is 0.0420. The van der Waals surface area contributed by atoms with Gasteiger partial charge < -0.3 is 19.7 Å². The summed E-state index contributed by atoms with van der Waals surface area (Å²) in [6, 6.07) is 8.34. The van der Waals surface area contributed by atoms with Crippen LogP contribution in [0.4, 0.5) is 11.4 Å². The molecule has 0 saturated heterocycles. The average molecular weight is 250 g/mol. The maximum Gasteiger partial charge on any atom is 0.174 e. The Bertz CT molecular complexity index is 403. The van der Waals surface area contributed by atoms with Gasteiger partial charge in [-0.05, 0) is 26.0 Å². The Morgan fingerprint density at radius 1 is 1.28 bits per heavy atom. The fourth-order valence-corrected chi connectivity index (χ4v) is 2.41. The molecule has 1 N–H and O–H groups in total. The SMILES string of the molecule is COC(CN1CC(C)(C)Nc2ccccc21)OC. The number of para-hydroxylation sites is 2. The highest BCUT2D eigenvalue weighted by molar-refractivity contribution is 5.73. The number of benzene rings is 1. The summed E-state index contributed by atoms with van der Waals surface area (Å²) in [6.45, 7) is 6.05. The number of hydrogen-bond donors (Lipinski definition) is 1. The Balaban J connectivity index is 2.24. The molecule has 1 aromatic rings. The number of ether oxygens (including phenoxy) is 2. The largest absolute Gasteiger partial charge is 0.377 e. The van der Waals surface area contributed by atoms with Gasteiger partial charge in [-0.2, -0.15) is 0 Å².